The van der Waals surface area contributed by atoms with Crippen molar-refractivity contribution in [2.24, 2.45) is 5.92 Å². The number of pyridine rings is 1. The quantitative estimate of drug-likeness (QED) is 0.511. The Balaban J connectivity index is 1.88. The molecule has 3 aromatic rings. The number of rotatable bonds is 8. The van der Waals surface area contributed by atoms with Crippen LogP contribution >= 0.6 is 7.82 Å². The summed E-state index contributed by atoms with van der Waals surface area (Å²) in [4.78, 5) is 33.6. The van der Waals surface area contributed by atoms with E-state index in [0.717, 1.165) is 25.3 Å². The maximum Gasteiger partial charge on any atom is 0.266 e. The number of nitrogens with zero attached hydrogens (tertiary/aromatic N) is 1. The van der Waals surface area contributed by atoms with Crippen molar-refractivity contribution in [2.75, 3.05) is 13.7 Å². The van der Waals surface area contributed by atoms with E-state index in [1.165, 1.54) is 23.9 Å². The molecule has 1 fully saturated rings. The van der Waals surface area contributed by atoms with E-state index >= 15 is 0 Å². The van der Waals surface area contributed by atoms with Crippen molar-refractivity contribution >= 4 is 18.7 Å². The van der Waals surface area contributed by atoms with Crippen LogP contribution < -0.4 is 19.8 Å². The molecule has 0 spiro atoms. The van der Waals surface area contributed by atoms with Gasteiger partial charge in [0.25, 0.3) is 7.82 Å². The lowest BCUT2D eigenvalue weighted by atomic mass is 9.86. The highest BCUT2D eigenvalue weighted by atomic mass is 31.2. The van der Waals surface area contributed by atoms with Gasteiger partial charge in [-0.2, -0.15) is 0 Å². The summed E-state index contributed by atoms with van der Waals surface area (Å²) in [6.45, 7) is -0.267. The number of methoxy groups -OCH3 is 1. The van der Waals surface area contributed by atoms with Gasteiger partial charge < -0.3 is 23.8 Å². The SMILES string of the molecule is COc1ccc(-c2cn(COP(=O)([O-])O)c3c(OCC4CCC4)ccc(F)c3c2=O)cc1. The Bertz CT molecular complexity index is 1230. The number of phosphoric ester groups is 1. The molecule has 0 saturated heterocycles. The van der Waals surface area contributed by atoms with Crippen LogP contribution in [0.25, 0.3) is 22.0 Å². The molecule has 0 radical (unpaired) electrons. The van der Waals surface area contributed by atoms with Crippen LogP contribution in [-0.4, -0.2) is 23.2 Å². The minimum absolute atomic E-state index is 0.0556. The predicted molar refractivity (Wildman–Crippen MR) is 114 cm³/mol. The fraction of sp³-hybridized carbons (Fsp3) is 0.318. The summed E-state index contributed by atoms with van der Waals surface area (Å²) in [6, 6.07) is 9.10. The van der Waals surface area contributed by atoms with Gasteiger partial charge >= 0.3 is 0 Å². The highest BCUT2D eigenvalue weighted by Gasteiger charge is 2.22. The standard InChI is InChI=1S/C22H23FNO7P/c1-29-16-7-5-15(6-8-16)17-11-24(13-31-32(26,27)28)21-19(30-12-14-3-2-4-14)10-9-18(23)20(21)22(17)25/h5-11,14H,2-4,12-13H2,1H3,(H2,26,27,28)/p-1. The van der Waals surface area contributed by atoms with E-state index in [2.05, 4.69) is 4.52 Å². The zero-order chi connectivity index (χ0) is 22.9. The lowest BCUT2D eigenvalue weighted by Crippen LogP contribution is -2.21. The monoisotopic (exact) mass is 462 g/mol. The van der Waals surface area contributed by atoms with Crippen LogP contribution in [0.15, 0.2) is 47.4 Å². The first-order valence-electron chi connectivity index (χ1n) is 10.1. The van der Waals surface area contributed by atoms with E-state index in [-0.39, 0.29) is 22.2 Å². The summed E-state index contributed by atoms with van der Waals surface area (Å²) < 4.78 is 42.9. The van der Waals surface area contributed by atoms with Gasteiger partial charge in [0.05, 0.1) is 24.6 Å². The van der Waals surface area contributed by atoms with Gasteiger partial charge in [-0.25, -0.2) is 4.39 Å². The molecule has 32 heavy (non-hydrogen) atoms. The number of benzene rings is 2. The second-order valence-corrected chi connectivity index (χ2v) is 8.87. The second-order valence-electron chi connectivity index (χ2n) is 7.67. The van der Waals surface area contributed by atoms with Crippen molar-refractivity contribution in [2.45, 2.75) is 26.0 Å². The van der Waals surface area contributed by atoms with Crippen molar-refractivity contribution < 1.29 is 32.7 Å². The predicted octanol–water partition coefficient (Wildman–Crippen LogP) is 3.43. The topological polar surface area (TPSA) is 110 Å². The highest BCUT2D eigenvalue weighted by Crippen LogP contribution is 2.35. The fourth-order valence-electron chi connectivity index (χ4n) is 3.66. The molecule has 1 N–H and O–H groups in total. The molecule has 1 aliphatic carbocycles. The van der Waals surface area contributed by atoms with Crippen molar-refractivity contribution in [3.8, 4) is 22.6 Å². The molecule has 1 aliphatic rings. The molecule has 170 valence electrons. The lowest BCUT2D eigenvalue weighted by molar-refractivity contribution is -0.222. The maximum atomic E-state index is 14.9. The van der Waals surface area contributed by atoms with Crippen LogP contribution in [0, 0.1) is 11.7 Å². The average molecular weight is 462 g/mol. The zero-order valence-electron chi connectivity index (χ0n) is 17.3. The minimum Gasteiger partial charge on any atom is -0.756 e. The van der Waals surface area contributed by atoms with Crippen LogP contribution in [0.3, 0.4) is 0 Å². The molecule has 1 atom stereocenters. The Labute approximate surface area is 183 Å². The van der Waals surface area contributed by atoms with E-state index < -0.39 is 25.8 Å². The first kappa shape index (κ1) is 22.5. The van der Waals surface area contributed by atoms with E-state index in [4.69, 9.17) is 14.4 Å². The largest absolute Gasteiger partial charge is 0.756 e. The Morgan fingerprint density at radius 3 is 2.53 bits per heavy atom. The third-order valence-corrected chi connectivity index (χ3v) is 6.04. The highest BCUT2D eigenvalue weighted by molar-refractivity contribution is 7.44. The van der Waals surface area contributed by atoms with Gasteiger partial charge in [0.1, 0.15) is 24.0 Å². The number of hydrogen-bond acceptors (Lipinski definition) is 6. The zero-order valence-corrected chi connectivity index (χ0v) is 18.2. The lowest BCUT2D eigenvalue weighted by Gasteiger charge is -2.26. The van der Waals surface area contributed by atoms with Gasteiger partial charge in [-0.05, 0) is 48.6 Å². The molecule has 8 nitrogen and oxygen atoms in total. The van der Waals surface area contributed by atoms with Gasteiger partial charge in [0.2, 0.25) is 0 Å². The molecule has 0 aliphatic heterocycles. The molecule has 0 amide bonds. The Hall–Kier alpha value is -2.71. The Kier molecular flexibility index (Phi) is 6.35. The van der Waals surface area contributed by atoms with Gasteiger partial charge in [0, 0.05) is 11.8 Å². The van der Waals surface area contributed by atoms with Gasteiger partial charge in [-0.1, -0.05) is 18.6 Å². The molecule has 2 aromatic carbocycles. The number of halogens is 1. The van der Waals surface area contributed by atoms with Crippen molar-refractivity contribution in [3.63, 3.8) is 0 Å². The van der Waals surface area contributed by atoms with Gasteiger partial charge in [-0.3, -0.25) is 13.9 Å². The molecule has 4 rings (SSSR count). The number of ether oxygens (including phenoxy) is 2. The summed E-state index contributed by atoms with van der Waals surface area (Å²) in [6.07, 6.45) is 4.54. The van der Waals surface area contributed by atoms with Crippen molar-refractivity contribution in [1.29, 1.82) is 0 Å². The molecule has 1 unspecified atom stereocenters. The number of fused-ring (bicyclic) bond motifs is 1. The Morgan fingerprint density at radius 2 is 1.94 bits per heavy atom. The van der Waals surface area contributed by atoms with Crippen LogP contribution in [0.4, 0.5) is 4.39 Å². The molecule has 1 heterocycles. The molecule has 1 aromatic heterocycles. The Morgan fingerprint density at radius 1 is 1.22 bits per heavy atom. The maximum absolute atomic E-state index is 14.9. The van der Waals surface area contributed by atoms with Crippen LogP contribution in [-0.2, 0) is 15.8 Å². The molecule has 1 saturated carbocycles. The smallest absolute Gasteiger partial charge is 0.266 e. The summed E-state index contributed by atoms with van der Waals surface area (Å²) in [7, 11) is -3.57. The van der Waals surface area contributed by atoms with Crippen molar-refractivity contribution in [3.05, 3.63) is 58.6 Å². The van der Waals surface area contributed by atoms with Crippen molar-refractivity contribution in [1.82, 2.24) is 4.57 Å². The van der Waals surface area contributed by atoms with Gasteiger partial charge in [0.15, 0.2) is 5.43 Å². The fourth-order valence-corrected chi connectivity index (χ4v) is 3.93. The third-order valence-electron chi connectivity index (χ3n) is 5.59. The number of phosphoric acid groups is 1. The van der Waals surface area contributed by atoms with Gasteiger partial charge in [-0.15, -0.1) is 0 Å². The number of aromatic nitrogens is 1. The van der Waals surface area contributed by atoms with Crippen LogP contribution in [0.1, 0.15) is 19.3 Å². The van der Waals surface area contributed by atoms with E-state index in [0.29, 0.717) is 23.8 Å². The second kappa shape index (κ2) is 9.03. The minimum atomic E-state index is -5.07. The van der Waals surface area contributed by atoms with E-state index in [9.17, 15) is 18.6 Å². The third kappa shape index (κ3) is 4.71. The molecular weight excluding hydrogens is 440 g/mol. The summed E-state index contributed by atoms with van der Waals surface area (Å²) in [5, 5.41) is -0.258. The summed E-state index contributed by atoms with van der Waals surface area (Å²) in [5.74, 6) is 0.404. The first-order valence-corrected chi connectivity index (χ1v) is 11.6. The average Bonchev–Trinajstić information content (AvgIpc) is 2.73. The normalized spacial score (nSPS) is 15.9. The summed E-state index contributed by atoms with van der Waals surface area (Å²) >= 11 is 0. The van der Waals surface area contributed by atoms with Crippen LogP contribution in [0.5, 0.6) is 11.5 Å². The first-order chi connectivity index (χ1) is 15.3. The molecule has 10 heteroatoms. The molecule has 0 bridgehead atoms. The number of hydrogen-bond donors (Lipinski definition) is 1. The van der Waals surface area contributed by atoms with E-state index in [1.807, 2.05) is 0 Å². The van der Waals surface area contributed by atoms with E-state index in [1.54, 1.807) is 24.3 Å². The summed E-state index contributed by atoms with van der Waals surface area (Å²) in [5.41, 5.74) is 0.0701. The van der Waals surface area contributed by atoms with Crippen LogP contribution in [0.2, 0.25) is 0 Å². The molecular formula is C22H22FNO7P-.